The SMILES string of the molecule is CO[C@H]1C[C@H]2C=C[C@@H]3C[C@]2(O[C@H]3[C@H](OC(=O)c2ccc[nH]2)C(C)C)/C(C)=C/[C@@H](C)[C@@H]([C@@H](C)O)OC1=O. The summed E-state index contributed by atoms with van der Waals surface area (Å²) in [6, 6.07) is 3.46. The van der Waals surface area contributed by atoms with Crippen molar-refractivity contribution in [2.24, 2.45) is 23.7 Å². The number of ether oxygens (including phenoxy) is 4. The number of aliphatic hydroxyl groups is 1. The molecule has 8 heteroatoms. The normalized spacial score (nSPS) is 37.4. The van der Waals surface area contributed by atoms with Crippen LogP contribution in [0, 0.1) is 23.7 Å². The minimum atomic E-state index is -0.841. The highest BCUT2D eigenvalue weighted by Crippen LogP contribution is 2.53. The number of carbonyl (C=O) groups excluding carboxylic acids is 2. The van der Waals surface area contributed by atoms with Gasteiger partial charge in [-0.3, -0.25) is 0 Å². The lowest BCUT2D eigenvalue weighted by Crippen LogP contribution is -2.47. The van der Waals surface area contributed by atoms with Crippen molar-refractivity contribution in [2.45, 2.75) is 83.6 Å². The van der Waals surface area contributed by atoms with Crippen LogP contribution >= 0.6 is 0 Å². The highest BCUT2D eigenvalue weighted by Gasteiger charge is 2.57. The average molecular weight is 502 g/mol. The van der Waals surface area contributed by atoms with Gasteiger partial charge < -0.3 is 29.0 Å². The molecule has 8 nitrogen and oxygen atoms in total. The van der Waals surface area contributed by atoms with Gasteiger partial charge in [0.05, 0.1) is 11.7 Å². The predicted octanol–water partition coefficient (Wildman–Crippen LogP) is 3.82. The number of carbonyl (C=O) groups is 2. The molecule has 1 saturated heterocycles. The van der Waals surface area contributed by atoms with E-state index < -0.39 is 42.0 Å². The molecule has 4 rings (SSSR count). The minimum absolute atomic E-state index is 0.0283. The zero-order chi connectivity index (χ0) is 26.2. The fourth-order valence-electron chi connectivity index (χ4n) is 6.05. The number of aromatic amines is 1. The molecule has 2 aliphatic heterocycles. The van der Waals surface area contributed by atoms with Crippen molar-refractivity contribution in [3.63, 3.8) is 0 Å². The van der Waals surface area contributed by atoms with Crippen molar-refractivity contribution in [1.29, 1.82) is 0 Å². The molecule has 36 heavy (non-hydrogen) atoms. The molecule has 3 heterocycles. The standard InChI is InChI=1S/C28H39NO7/c1-15(2)23(34-26(31)21-8-7-11-29-21)25-19-9-10-20-13-22(33-6)27(32)35-24(18(5)30)16(3)12-17(4)28(20,14-19)36-25/h7-12,15-16,18-20,22-25,29-30H,13-14H2,1-6H3/b17-12+/t16-,18-,19-,20-,22+,23-,24+,25-,28+/m1/s1. The molecule has 1 aromatic heterocycles. The highest BCUT2D eigenvalue weighted by molar-refractivity contribution is 5.87. The van der Waals surface area contributed by atoms with E-state index in [2.05, 4.69) is 23.2 Å². The number of hydrogen-bond acceptors (Lipinski definition) is 7. The largest absolute Gasteiger partial charge is 0.457 e. The van der Waals surface area contributed by atoms with E-state index in [0.29, 0.717) is 18.5 Å². The zero-order valence-electron chi connectivity index (χ0n) is 22.0. The van der Waals surface area contributed by atoms with Gasteiger partial charge in [-0.15, -0.1) is 0 Å². The van der Waals surface area contributed by atoms with Crippen LogP contribution in [0.25, 0.3) is 0 Å². The Labute approximate surface area is 213 Å². The lowest BCUT2D eigenvalue weighted by atomic mass is 9.69. The molecule has 0 amide bonds. The van der Waals surface area contributed by atoms with Crippen LogP contribution in [0.1, 0.15) is 57.9 Å². The molecule has 198 valence electrons. The number of nitrogens with one attached hydrogen (secondary N) is 1. The van der Waals surface area contributed by atoms with Crippen LogP contribution in [0.15, 0.2) is 42.1 Å². The molecule has 1 spiro atoms. The number of hydrogen-bond donors (Lipinski definition) is 2. The molecular weight excluding hydrogens is 462 g/mol. The van der Waals surface area contributed by atoms with Crippen molar-refractivity contribution in [2.75, 3.05) is 7.11 Å². The Kier molecular flexibility index (Phi) is 7.78. The summed E-state index contributed by atoms with van der Waals surface area (Å²) in [5, 5.41) is 10.3. The molecule has 0 saturated carbocycles. The van der Waals surface area contributed by atoms with Crippen molar-refractivity contribution in [3.8, 4) is 0 Å². The molecule has 3 aliphatic rings. The van der Waals surface area contributed by atoms with Crippen LogP contribution in [-0.4, -0.2) is 65.3 Å². The molecule has 2 bridgehead atoms. The summed E-state index contributed by atoms with van der Waals surface area (Å²) < 4.78 is 24.2. The second kappa shape index (κ2) is 10.5. The first-order valence-corrected chi connectivity index (χ1v) is 12.9. The van der Waals surface area contributed by atoms with Gasteiger partial charge in [0.15, 0.2) is 6.10 Å². The lowest BCUT2D eigenvalue weighted by molar-refractivity contribution is -0.172. The van der Waals surface area contributed by atoms with Crippen molar-refractivity contribution < 1.29 is 33.6 Å². The van der Waals surface area contributed by atoms with E-state index in [9.17, 15) is 14.7 Å². The van der Waals surface area contributed by atoms with Gasteiger partial charge in [0, 0.05) is 31.1 Å². The van der Waals surface area contributed by atoms with E-state index in [4.69, 9.17) is 18.9 Å². The number of H-pyrrole nitrogens is 1. The van der Waals surface area contributed by atoms with Gasteiger partial charge in [0.1, 0.15) is 24.0 Å². The fourth-order valence-corrected chi connectivity index (χ4v) is 6.05. The van der Waals surface area contributed by atoms with Gasteiger partial charge in [-0.2, -0.15) is 0 Å². The van der Waals surface area contributed by atoms with Gasteiger partial charge in [-0.05, 0) is 50.3 Å². The summed E-state index contributed by atoms with van der Waals surface area (Å²) in [5.74, 6) is -1.18. The lowest BCUT2D eigenvalue weighted by Gasteiger charge is -2.41. The molecule has 1 fully saturated rings. The van der Waals surface area contributed by atoms with Crippen molar-refractivity contribution in [3.05, 3.63) is 47.8 Å². The number of esters is 2. The summed E-state index contributed by atoms with van der Waals surface area (Å²) >= 11 is 0. The smallest absolute Gasteiger partial charge is 0.355 e. The second-order valence-electron chi connectivity index (χ2n) is 10.8. The third kappa shape index (κ3) is 4.91. The third-order valence-corrected chi connectivity index (χ3v) is 7.98. The summed E-state index contributed by atoms with van der Waals surface area (Å²) in [6.45, 7) is 9.65. The van der Waals surface area contributed by atoms with E-state index in [1.165, 1.54) is 7.11 Å². The number of aromatic nitrogens is 1. The summed E-state index contributed by atoms with van der Waals surface area (Å²) in [4.78, 5) is 28.7. The van der Waals surface area contributed by atoms with Crippen LogP contribution in [-0.2, 0) is 23.7 Å². The minimum Gasteiger partial charge on any atom is -0.457 e. The number of methoxy groups -OCH3 is 1. The molecule has 9 atom stereocenters. The Morgan fingerprint density at radius 3 is 2.61 bits per heavy atom. The molecule has 2 N–H and O–H groups in total. The zero-order valence-corrected chi connectivity index (χ0v) is 22.0. The fraction of sp³-hybridized carbons (Fsp3) is 0.643. The molecule has 1 aliphatic carbocycles. The predicted molar refractivity (Wildman–Crippen MR) is 133 cm³/mol. The third-order valence-electron chi connectivity index (χ3n) is 7.98. The number of cyclic esters (lactones) is 1. The summed E-state index contributed by atoms with van der Waals surface area (Å²) in [5.41, 5.74) is 0.748. The van der Waals surface area contributed by atoms with Crippen LogP contribution in [0.5, 0.6) is 0 Å². The topological polar surface area (TPSA) is 107 Å². The Hall–Kier alpha value is -2.42. The highest BCUT2D eigenvalue weighted by atomic mass is 16.6. The van der Waals surface area contributed by atoms with Gasteiger partial charge in [-0.25, -0.2) is 9.59 Å². The first-order chi connectivity index (χ1) is 17.1. The average Bonchev–Trinajstić information content (AvgIpc) is 3.47. The number of aliphatic hydroxyl groups excluding tert-OH is 1. The van der Waals surface area contributed by atoms with E-state index in [-0.39, 0.29) is 29.8 Å². The molecule has 0 aromatic carbocycles. The first kappa shape index (κ1) is 26.6. The number of fused-ring (bicyclic) bond motifs is 1. The first-order valence-electron chi connectivity index (χ1n) is 12.9. The molecule has 0 radical (unpaired) electrons. The monoisotopic (exact) mass is 501 g/mol. The summed E-state index contributed by atoms with van der Waals surface area (Å²) in [6.07, 6.45) is 5.97. The van der Waals surface area contributed by atoms with E-state index in [1.54, 1.807) is 25.3 Å². The maximum atomic E-state index is 13.0. The van der Waals surface area contributed by atoms with E-state index in [0.717, 1.165) is 5.57 Å². The molecule has 1 aromatic rings. The maximum absolute atomic E-state index is 13.0. The van der Waals surface area contributed by atoms with Gasteiger partial charge in [-0.1, -0.05) is 39.0 Å². The molecular formula is C28H39NO7. The maximum Gasteiger partial charge on any atom is 0.355 e. The summed E-state index contributed by atoms with van der Waals surface area (Å²) in [7, 11) is 1.50. The molecule has 0 unspecified atom stereocenters. The van der Waals surface area contributed by atoms with Crippen LogP contribution in [0.4, 0.5) is 0 Å². The Morgan fingerprint density at radius 2 is 2.00 bits per heavy atom. The van der Waals surface area contributed by atoms with Crippen LogP contribution in [0.3, 0.4) is 0 Å². The van der Waals surface area contributed by atoms with Crippen LogP contribution in [0.2, 0.25) is 0 Å². The van der Waals surface area contributed by atoms with Crippen molar-refractivity contribution >= 4 is 11.9 Å². The second-order valence-corrected chi connectivity index (χ2v) is 10.8. The van der Waals surface area contributed by atoms with Gasteiger partial charge >= 0.3 is 11.9 Å². The van der Waals surface area contributed by atoms with Gasteiger partial charge in [0.2, 0.25) is 0 Å². The Bertz CT molecular complexity index is 998. The van der Waals surface area contributed by atoms with E-state index >= 15 is 0 Å². The quantitative estimate of drug-likeness (QED) is 0.451. The van der Waals surface area contributed by atoms with Gasteiger partial charge in [0.25, 0.3) is 0 Å². The van der Waals surface area contributed by atoms with Crippen molar-refractivity contribution in [1.82, 2.24) is 4.98 Å². The Balaban J connectivity index is 1.70. The Morgan fingerprint density at radius 1 is 1.25 bits per heavy atom. The van der Waals surface area contributed by atoms with E-state index in [1.807, 2.05) is 27.7 Å². The number of rotatable bonds is 6. The van der Waals surface area contributed by atoms with Crippen LogP contribution < -0.4 is 0 Å².